The van der Waals surface area contributed by atoms with E-state index in [1.54, 1.807) is 11.1 Å². The van der Waals surface area contributed by atoms with Crippen LogP contribution in [0.3, 0.4) is 0 Å². The van der Waals surface area contributed by atoms with Gasteiger partial charge in [-0.15, -0.1) is 0 Å². The number of para-hydroxylation sites is 1. The highest BCUT2D eigenvalue weighted by molar-refractivity contribution is 6.44. The summed E-state index contributed by atoms with van der Waals surface area (Å²) in [5, 5.41) is 0.820. The molecular formula is C17H20N2O2. The van der Waals surface area contributed by atoms with Crippen molar-refractivity contribution in [1.82, 2.24) is 9.88 Å². The average molecular weight is 284 g/mol. The molecule has 2 aromatic rings. The number of hydrogen-bond donors (Lipinski definition) is 1. The monoisotopic (exact) mass is 284 g/mol. The van der Waals surface area contributed by atoms with Crippen molar-refractivity contribution in [3.05, 3.63) is 36.0 Å². The van der Waals surface area contributed by atoms with Crippen molar-refractivity contribution < 1.29 is 9.59 Å². The molecule has 3 rings (SSSR count). The number of aromatic nitrogens is 1. The van der Waals surface area contributed by atoms with Gasteiger partial charge in [-0.2, -0.15) is 0 Å². The van der Waals surface area contributed by atoms with Crippen molar-refractivity contribution in [3.63, 3.8) is 0 Å². The molecule has 1 aromatic carbocycles. The van der Waals surface area contributed by atoms with Gasteiger partial charge in [0.25, 0.3) is 11.7 Å². The normalized spacial score (nSPS) is 18.9. The molecule has 1 unspecified atom stereocenters. The Kier molecular flexibility index (Phi) is 3.78. The first-order valence-electron chi connectivity index (χ1n) is 7.63. The number of hydrogen-bond acceptors (Lipinski definition) is 2. The lowest BCUT2D eigenvalue weighted by Crippen LogP contribution is -2.46. The summed E-state index contributed by atoms with van der Waals surface area (Å²) in [5.41, 5.74) is 1.37. The van der Waals surface area contributed by atoms with Gasteiger partial charge in [0.1, 0.15) is 0 Å². The van der Waals surface area contributed by atoms with E-state index < -0.39 is 5.78 Å². The minimum atomic E-state index is -0.396. The van der Waals surface area contributed by atoms with Crippen LogP contribution in [0.4, 0.5) is 0 Å². The van der Waals surface area contributed by atoms with Gasteiger partial charge in [0.2, 0.25) is 0 Å². The molecule has 1 aliphatic rings. The second-order valence-corrected chi connectivity index (χ2v) is 5.63. The first-order chi connectivity index (χ1) is 10.2. The number of ketones is 1. The molecule has 0 bridgehead atoms. The van der Waals surface area contributed by atoms with Crippen LogP contribution in [0.15, 0.2) is 30.5 Å². The van der Waals surface area contributed by atoms with E-state index in [2.05, 4.69) is 11.9 Å². The maximum Gasteiger partial charge on any atom is 0.295 e. The first-order valence-corrected chi connectivity index (χ1v) is 7.63. The zero-order valence-electron chi connectivity index (χ0n) is 12.3. The highest BCUT2D eigenvalue weighted by Gasteiger charge is 2.31. The van der Waals surface area contributed by atoms with E-state index in [9.17, 15) is 9.59 Å². The van der Waals surface area contributed by atoms with Gasteiger partial charge in [-0.3, -0.25) is 9.59 Å². The molecule has 1 amide bonds. The Balaban J connectivity index is 1.89. The average Bonchev–Trinajstić information content (AvgIpc) is 2.97. The molecular weight excluding hydrogens is 264 g/mol. The number of aromatic amines is 1. The predicted molar refractivity (Wildman–Crippen MR) is 82.3 cm³/mol. The molecule has 0 aliphatic carbocycles. The predicted octanol–water partition coefficient (Wildman–Crippen LogP) is 3.14. The van der Waals surface area contributed by atoms with E-state index in [-0.39, 0.29) is 11.9 Å². The molecule has 4 nitrogen and oxygen atoms in total. The number of Topliss-reactive ketones (excluding diaryl/α,β-unsaturated/α-hetero) is 1. The van der Waals surface area contributed by atoms with Crippen LogP contribution in [0.2, 0.25) is 0 Å². The van der Waals surface area contributed by atoms with Crippen molar-refractivity contribution >= 4 is 22.6 Å². The maximum atomic E-state index is 12.6. The van der Waals surface area contributed by atoms with Crippen LogP contribution in [-0.2, 0) is 4.79 Å². The second-order valence-electron chi connectivity index (χ2n) is 5.63. The Labute approximate surface area is 124 Å². The number of rotatable bonds is 3. The van der Waals surface area contributed by atoms with E-state index >= 15 is 0 Å². The molecule has 0 radical (unpaired) electrons. The number of nitrogens with one attached hydrogen (secondary N) is 1. The summed E-state index contributed by atoms with van der Waals surface area (Å²) in [7, 11) is 0. The van der Waals surface area contributed by atoms with Crippen LogP contribution in [0, 0.1) is 0 Å². The number of piperidine rings is 1. The van der Waals surface area contributed by atoms with Crippen LogP contribution in [-0.4, -0.2) is 34.2 Å². The molecule has 1 fully saturated rings. The fourth-order valence-electron chi connectivity index (χ4n) is 3.20. The van der Waals surface area contributed by atoms with E-state index in [0.29, 0.717) is 12.1 Å². The van der Waals surface area contributed by atoms with Gasteiger partial charge < -0.3 is 9.88 Å². The van der Waals surface area contributed by atoms with Gasteiger partial charge in [-0.1, -0.05) is 25.1 Å². The lowest BCUT2D eigenvalue weighted by atomic mass is 9.98. The molecule has 1 atom stereocenters. The standard InChI is InChI=1S/C17H20N2O2/c1-2-12-7-5-6-10-19(12)17(21)16(20)14-11-18-15-9-4-3-8-13(14)15/h3-4,8-9,11-12,18H,2,5-7,10H2,1H3. The van der Waals surface area contributed by atoms with E-state index in [1.807, 2.05) is 24.3 Å². The van der Waals surface area contributed by atoms with Crippen molar-refractivity contribution in [1.29, 1.82) is 0 Å². The molecule has 1 N–H and O–H groups in total. The Bertz CT molecular complexity index is 674. The van der Waals surface area contributed by atoms with Gasteiger partial charge in [-0.25, -0.2) is 0 Å². The van der Waals surface area contributed by atoms with Crippen molar-refractivity contribution in [2.24, 2.45) is 0 Å². The third-order valence-corrected chi connectivity index (χ3v) is 4.39. The smallest absolute Gasteiger partial charge is 0.295 e. The third-order valence-electron chi connectivity index (χ3n) is 4.39. The van der Waals surface area contributed by atoms with Gasteiger partial charge >= 0.3 is 0 Å². The van der Waals surface area contributed by atoms with Crippen molar-refractivity contribution in [2.75, 3.05) is 6.54 Å². The Hall–Kier alpha value is -2.10. The van der Waals surface area contributed by atoms with Crippen LogP contribution in [0.5, 0.6) is 0 Å². The van der Waals surface area contributed by atoms with Gasteiger partial charge in [0, 0.05) is 29.7 Å². The van der Waals surface area contributed by atoms with E-state index in [4.69, 9.17) is 0 Å². The SMILES string of the molecule is CCC1CCCCN1C(=O)C(=O)c1c[nH]c2ccccc12. The lowest BCUT2D eigenvalue weighted by Gasteiger charge is -2.34. The number of carbonyl (C=O) groups excluding carboxylic acids is 2. The molecule has 21 heavy (non-hydrogen) atoms. The summed E-state index contributed by atoms with van der Waals surface area (Å²) in [6, 6.07) is 7.78. The summed E-state index contributed by atoms with van der Waals surface area (Å²) in [6.07, 6.45) is 5.69. The van der Waals surface area contributed by atoms with Crippen LogP contribution in [0.25, 0.3) is 10.9 Å². The molecule has 0 spiro atoms. The van der Waals surface area contributed by atoms with Crippen molar-refractivity contribution in [3.8, 4) is 0 Å². The number of amides is 1. The number of H-pyrrole nitrogens is 1. The fraction of sp³-hybridized carbons (Fsp3) is 0.412. The molecule has 4 heteroatoms. The second kappa shape index (κ2) is 5.72. The zero-order chi connectivity index (χ0) is 14.8. The summed E-state index contributed by atoms with van der Waals surface area (Å²) < 4.78 is 0. The van der Waals surface area contributed by atoms with E-state index in [1.165, 1.54) is 0 Å². The summed E-state index contributed by atoms with van der Waals surface area (Å²) >= 11 is 0. The maximum absolute atomic E-state index is 12.6. The Morgan fingerprint density at radius 1 is 1.29 bits per heavy atom. The summed E-state index contributed by atoms with van der Waals surface area (Å²) in [4.78, 5) is 30.0. The molecule has 2 heterocycles. The Morgan fingerprint density at radius 3 is 2.90 bits per heavy atom. The van der Waals surface area contributed by atoms with E-state index in [0.717, 1.165) is 36.6 Å². The summed E-state index contributed by atoms with van der Waals surface area (Å²) in [6.45, 7) is 2.78. The molecule has 1 aliphatic heterocycles. The van der Waals surface area contributed by atoms with Gasteiger partial charge in [0.05, 0.1) is 5.56 Å². The van der Waals surface area contributed by atoms with Crippen LogP contribution >= 0.6 is 0 Å². The molecule has 0 saturated carbocycles. The van der Waals surface area contributed by atoms with Crippen LogP contribution < -0.4 is 0 Å². The highest BCUT2D eigenvalue weighted by Crippen LogP contribution is 2.23. The Morgan fingerprint density at radius 2 is 2.10 bits per heavy atom. The van der Waals surface area contributed by atoms with Gasteiger partial charge in [-0.05, 0) is 31.7 Å². The minimum Gasteiger partial charge on any atom is -0.360 e. The lowest BCUT2D eigenvalue weighted by molar-refractivity contribution is -0.130. The van der Waals surface area contributed by atoms with Crippen molar-refractivity contribution in [2.45, 2.75) is 38.6 Å². The first kappa shape index (κ1) is 13.9. The number of fused-ring (bicyclic) bond motifs is 1. The van der Waals surface area contributed by atoms with Gasteiger partial charge in [0.15, 0.2) is 0 Å². The number of benzene rings is 1. The summed E-state index contributed by atoms with van der Waals surface area (Å²) in [5.74, 6) is -0.751. The molecule has 110 valence electrons. The minimum absolute atomic E-state index is 0.209. The topological polar surface area (TPSA) is 53.2 Å². The quantitative estimate of drug-likeness (QED) is 0.695. The largest absolute Gasteiger partial charge is 0.360 e. The highest BCUT2D eigenvalue weighted by atomic mass is 16.2. The fourth-order valence-corrected chi connectivity index (χ4v) is 3.20. The molecule has 1 saturated heterocycles. The van der Waals surface area contributed by atoms with Crippen LogP contribution in [0.1, 0.15) is 43.0 Å². The zero-order valence-corrected chi connectivity index (χ0v) is 12.3. The molecule has 1 aromatic heterocycles. The number of carbonyl (C=O) groups is 2. The third kappa shape index (κ3) is 2.46. The number of likely N-dealkylation sites (tertiary alicyclic amines) is 1. The number of nitrogens with zero attached hydrogens (tertiary/aromatic N) is 1.